The molecule has 4 nitrogen and oxygen atoms in total. The van der Waals surface area contributed by atoms with E-state index in [4.69, 9.17) is 0 Å². The smallest absolute Gasteiger partial charge is 0.108 e. The molecular formula is C23H43NO3. The van der Waals surface area contributed by atoms with Crippen molar-refractivity contribution in [2.75, 3.05) is 27.2 Å². The van der Waals surface area contributed by atoms with Crippen LogP contribution < -0.4 is 5.11 Å². The van der Waals surface area contributed by atoms with Crippen LogP contribution in [0.1, 0.15) is 84.0 Å². The van der Waals surface area contributed by atoms with Crippen molar-refractivity contribution in [3.8, 4) is 0 Å². The van der Waals surface area contributed by atoms with E-state index in [1.165, 1.54) is 57.8 Å². The van der Waals surface area contributed by atoms with E-state index < -0.39 is 12.1 Å². The number of carbonyl (C=O) groups excluding carboxylic acids is 1. The molecule has 1 N–H and O–H groups in total. The van der Waals surface area contributed by atoms with Crippen molar-refractivity contribution in [1.82, 2.24) is 0 Å². The quantitative estimate of drug-likeness (QED) is 0.222. The minimum Gasteiger partial charge on any atom is -0.550 e. The summed E-state index contributed by atoms with van der Waals surface area (Å²) in [7, 11) is 4.06. The monoisotopic (exact) mass is 381 g/mol. The second-order valence-corrected chi connectivity index (χ2v) is 8.29. The number of nitrogens with zero attached hydrogens (tertiary/aromatic N) is 1. The largest absolute Gasteiger partial charge is 0.550 e. The van der Waals surface area contributed by atoms with Gasteiger partial charge in [-0.15, -0.1) is 0 Å². The highest BCUT2D eigenvalue weighted by molar-refractivity contribution is 5.64. The van der Waals surface area contributed by atoms with Gasteiger partial charge in [-0.1, -0.05) is 56.9 Å². The van der Waals surface area contributed by atoms with Gasteiger partial charge in [0.25, 0.3) is 0 Å². The lowest BCUT2D eigenvalue weighted by Crippen LogP contribution is -2.47. The van der Waals surface area contributed by atoms with Crippen molar-refractivity contribution >= 4 is 5.97 Å². The third kappa shape index (κ3) is 19.4. The second-order valence-electron chi connectivity index (χ2n) is 8.29. The molecular weight excluding hydrogens is 338 g/mol. The fraction of sp³-hybridized carbons (Fsp3) is 0.783. The van der Waals surface area contributed by atoms with E-state index in [2.05, 4.69) is 31.2 Å². The van der Waals surface area contributed by atoms with Gasteiger partial charge in [-0.3, -0.25) is 0 Å². The number of hydrogen-bond donors (Lipinski definition) is 1. The highest BCUT2D eigenvalue weighted by Crippen LogP contribution is 2.09. The van der Waals surface area contributed by atoms with E-state index >= 15 is 0 Å². The predicted molar refractivity (Wildman–Crippen MR) is 112 cm³/mol. The number of likely N-dealkylation sites (N-methyl/N-ethyl adjacent to an activating group) is 1. The molecule has 0 aliphatic rings. The Hall–Kier alpha value is -1.13. The Morgan fingerprint density at radius 1 is 0.889 bits per heavy atom. The van der Waals surface area contributed by atoms with Gasteiger partial charge in [-0.2, -0.15) is 0 Å². The average Bonchev–Trinajstić information content (AvgIpc) is 2.57. The van der Waals surface area contributed by atoms with E-state index in [1.54, 1.807) is 0 Å². The van der Waals surface area contributed by atoms with E-state index in [0.717, 1.165) is 19.4 Å². The molecule has 0 saturated heterocycles. The van der Waals surface area contributed by atoms with Gasteiger partial charge in [0.1, 0.15) is 12.6 Å². The summed E-state index contributed by atoms with van der Waals surface area (Å²) < 4.78 is 0.635. The Morgan fingerprint density at radius 2 is 1.37 bits per heavy atom. The SMILES string of the molecule is CCC/C=C/CCCCCCC/C=C/CCC[N+](C)(C)CC(O)CC(=O)[O-]. The van der Waals surface area contributed by atoms with Crippen LogP contribution in [-0.2, 0) is 4.79 Å². The molecule has 0 bridgehead atoms. The number of rotatable bonds is 18. The highest BCUT2D eigenvalue weighted by atomic mass is 16.4. The third-order valence-electron chi connectivity index (χ3n) is 4.77. The van der Waals surface area contributed by atoms with Crippen molar-refractivity contribution in [3.05, 3.63) is 24.3 Å². The minimum absolute atomic E-state index is 0.281. The van der Waals surface area contributed by atoms with Crippen molar-refractivity contribution < 1.29 is 19.5 Å². The van der Waals surface area contributed by atoms with Gasteiger partial charge in [0, 0.05) is 12.4 Å². The standard InChI is InChI=1S/C23H43NO3/c1-4-5-6-7-8-9-10-11-12-13-14-15-16-17-18-19-24(2,3)21-22(25)20-23(26)27/h6-7,15-16,22,25H,4-5,8-14,17-21H2,1-3H3/b7-6+,16-15+. The Morgan fingerprint density at radius 3 is 1.89 bits per heavy atom. The molecule has 0 spiro atoms. The van der Waals surface area contributed by atoms with E-state index in [0.29, 0.717) is 11.0 Å². The molecule has 0 rings (SSSR count). The molecule has 1 atom stereocenters. The number of aliphatic carboxylic acids is 1. The van der Waals surface area contributed by atoms with Gasteiger partial charge >= 0.3 is 0 Å². The number of quaternary nitrogens is 1. The first-order valence-corrected chi connectivity index (χ1v) is 10.9. The Kier molecular flexibility index (Phi) is 16.3. The lowest BCUT2D eigenvalue weighted by Gasteiger charge is -2.32. The maximum atomic E-state index is 10.5. The summed E-state index contributed by atoms with van der Waals surface area (Å²) in [6.45, 7) is 3.60. The van der Waals surface area contributed by atoms with Crippen LogP contribution in [0.2, 0.25) is 0 Å². The first-order valence-electron chi connectivity index (χ1n) is 10.9. The number of unbranched alkanes of at least 4 members (excludes halogenated alkanes) is 8. The number of aliphatic hydroxyl groups excluding tert-OH is 1. The Labute approximate surface area is 167 Å². The molecule has 0 saturated carbocycles. The number of carbonyl (C=O) groups is 1. The molecule has 0 aromatic rings. The topological polar surface area (TPSA) is 60.4 Å². The molecule has 0 radical (unpaired) electrons. The predicted octanol–water partition coefficient (Wildman–Crippen LogP) is 3.99. The number of aliphatic hydroxyl groups is 1. The maximum Gasteiger partial charge on any atom is 0.108 e. The molecule has 0 aliphatic carbocycles. The third-order valence-corrected chi connectivity index (χ3v) is 4.77. The number of carboxylic acid groups (broad SMARTS) is 1. The van der Waals surface area contributed by atoms with Gasteiger partial charge < -0.3 is 19.5 Å². The van der Waals surface area contributed by atoms with Crippen molar-refractivity contribution in [1.29, 1.82) is 0 Å². The molecule has 1 unspecified atom stereocenters. The lowest BCUT2D eigenvalue weighted by atomic mass is 10.1. The fourth-order valence-corrected chi connectivity index (χ4v) is 3.25. The van der Waals surface area contributed by atoms with Crippen LogP contribution in [0, 0.1) is 0 Å². The Bertz CT molecular complexity index is 416. The van der Waals surface area contributed by atoms with Crippen LogP contribution in [-0.4, -0.2) is 48.8 Å². The summed E-state index contributed by atoms with van der Waals surface area (Å²) in [4.78, 5) is 10.5. The summed E-state index contributed by atoms with van der Waals surface area (Å²) in [6, 6.07) is 0. The fourth-order valence-electron chi connectivity index (χ4n) is 3.25. The van der Waals surface area contributed by atoms with E-state index in [9.17, 15) is 15.0 Å². The van der Waals surface area contributed by atoms with Gasteiger partial charge in [0.15, 0.2) is 0 Å². The summed E-state index contributed by atoms with van der Waals surface area (Å²) in [6.07, 6.45) is 21.6. The molecule has 0 fully saturated rings. The average molecular weight is 382 g/mol. The second kappa shape index (κ2) is 17.0. The molecule has 0 amide bonds. The van der Waals surface area contributed by atoms with Crippen molar-refractivity contribution in [2.24, 2.45) is 0 Å². The molecule has 158 valence electrons. The molecule has 0 heterocycles. The van der Waals surface area contributed by atoms with Crippen LogP contribution in [0.3, 0.4) is 0 Å². The van der Waals surface area contributed by atoms with E-state index in [-0.39, 0.29) is 6.42 Å². The van der Waals surface area contributed by atoms with Crippen LogP contribution in [0.5, 0.6) is 0 Å². The first kappa shape index (κ1) is 25.9. The Balaban J connectivity index is 3.52. The molecule has 0 aliphatic heterocycles. The van der Waals surface area contributed by atoms with Crippen molar-refractivity contribution in [3.63, 3.8) is 0 Å². The normalized spacial score (nSPS) is 13.6. The van der Waals surface area contributed by atoms with Crippen LogP contribution in [0.4, 0.5) is 0 Å². The zero-order valence-corrected chi connectivity index (χ0v) is 18.0. The summed E-state index contributed by atoms with van der Waals surface area (Å²) in [5, 5.41) is 20.2. The lowest BCUT2D eigenvalue weighted by molar-refractivity contribution is -0.893. The molecule has 4 heteroatoms. The van der Waals surface area contributed by atoms with Gasteiger partial charge in [0.05, 0.1) is 20.6 Å². The van der Waals surface area contributed by atoms with Gasteiger partial charge in [-0.05, 0) is 44.9 Å². The van der Waals surface area contributed by atoms with Crippen LogP contribution >= 0.6 is 0 Å². The molecule has 0 aromatic carbocycles. The summed E-state index contributed by atoms with van der Waals surface area (Å²) >= 11 is 0. The van der Waals surface area contributed by atoms with E-state index in [1.807, 2.05) is 14.1 Å². The van der Waals surface area contributed by atoms with Crippen LogP contribution in [0.15, 0.2) is 24.3 Å². The van der Waals surface area contributed by atoms with Gasteiger partial charge in [0.2, 0.25) is 0 Å². The minimum atomic E-state index is -1.19. The highest BCUT2D eigenvalue weighted by Gasteiger charge is 2.19. The van der Waals surface area contributed by atoms with Crippen molar-refractivity contribution in [2.45, 2.75) is 90.1 Å². The van der Waals surface area contributed by atoms with Crippen LogP contribution in [0.25, 0.3) is 0 Å². The first-order chi connectivity index (χ1) is 12.9. The zero-order valence-electron chi connectivity index (χ0n) is 18.0. The summed E-state index contributed by atoms with van der Waals surface area (Å²) in [5.41, 5.74) is 0. The molecule has 27 heavy (non-hydrogen) atoms. The number of carboxylic acids is 1. The molecule has 0 aromatic heterocycles. The number of allylic oxidation sites excluding steroid dienone is 4. The zero-order chi connectivity index (χ0) is 20.4. The van der Waals surface area contributed by atoms with Gasteiger partial charge in [-0.25, -0.2) is 0 Å². The number of hydrogen-bond acceptors (Lipinski definition) is 3. The summed E-state index contributed by atoms with van der Waals surface area (Å²) in [5.74, 6) is -1.19. The maximum absolute atomic E-state index is 10.5.